The number of rotatable bonds is 3. The molecule has 0 aliphatic heterocycles. The van der Waals surface area contributed by atoms with Crippen molar-refractivity contribution in [1.82, 2.24) is 4.98 Å². The van der Waals surface area contributed by atoms with E-state index >= 15 is 0 Å². The fraction of sp³-hybridized carbons (Fsp3) is 0.111. The standard InChI is InChI=1S/C18H15N3O2/c1-11-3-8-17(23-11)14-9-16(21-18(20)15(14)10-19)12-4-6-13(22-2)7-5-12/h3-9H,1-2H3,(H2,20,21). The number of benzene rings is 1. The number of ether oxygens (including phenoxy) is 1. The summed E-state index contributed by atoms with van der Waals surface area (Å²) in [4.78, 5) is 4.34. The lowest BCUT2D eigenvalue weighted by Gasteiger charge is -2.09. The molecule has 2 heterocycles. The molecule has 0 radical (unpaired) electrons. The number of hydrogen-bond donors (Lipinski definition) is 1. The minimum Gasteiger partial charge on any atom is -0.497 e. The molecule has 3 aromatic rings. The molecular formula is C18H15N3O2. The van der Waals surface area contributed by atoms with E-state index in [-0.39, 0.29) is 5.82 Å². The minimum atomic E-state index is 0.185. The van der Waals surface area contributed by atoms with E-state index in [1.807, 2.05) is 49.4 Å². The number of anilines is 1. The highest BCUT2D eigenvalue weighted by atomic mass is 16.5. The maximum absolute atomic E-state index is 9.37. The van der Waals surface area contributed by atoms with Crippen molar-refractivity contribution in [3.05, 3.63) is 53.8 Å². The second-order valence-corrected chi connectivity index (χ2v) is 5.07. The van der Waals surface area contributed by atoms with Crippen molar-refractivity contribution in [2.24, 2.45) is 0 Å². The van der Waals surface area contributed by atoms with Gasteiger partial charge >= 0.3 is 0 Å². The smallest absolute Gasteiger partial charge is 0.142 e. The van der Waals surface area contributed by atoms with Crippen LogP contribution in [0.4, 0.5) is 5.82 Å². The molecule has 0 bridgehead atoms. The maximum Gasteiger partial charge on any atom is 0.142 e. The number of nitriles is 1. The van der Waals surface area contributed by atoms with Gasteiger partial charge in [-0.3, -0.25) is 0 Å². The van der Waals surface area contributed by atoms with Crippen LogP contribution in [-0.2, 0) is 0 Å². The van der Waals surface area contributed by atoms with Gasteiger partial charge in [0.15, 0.2) is 0 Å². The molecule has 0 unspecified atom stereocenters. The average molecular weight is 305 g/mol. The number of aromatic nitrogens is 1. The highest BCUT2D eigenvalue weighted by Gasteiger charge is 2.15. The summed E-state index contributed by atoms with van der Waals surface area (Å²) in [6.45, 7) is 1.85. The molecule has 0 aliphatic rings. The summed E-state index contributed by atoms with van der Waals surface area (Å²) in [5.41, 5.74) is 8.48. The number of furan rings is 1. The van der Waals surface area contributed by atoms with Gasteiger partial charge in [0.05, 0.1) is 12.8 Å². The summed E-state index contributed by atoms with van der Waals surface area (Å²) in [6, 6.07) is 15.1. The Bertz CT molecular complexity index is 890. The van der Waals surface area contributed by atoms with Gasteiger partial charge in [-0.2, -0.15) is 5.26 Å². The highest BCUT2D eigenvalue weighted by Crippen LogP contribution is 2.32. The van der Waals surface area contributed by atoms with Gasteiger partial charge in [0.25, 0.3) is 0 Å². The molecule has 0 saturated heterocycles. The minimum absolute atomic E-state index is 0.185. The molecule has 0 spiro atoms. The molecule has 5 nitrogen and oxygen atoms in total. The van der Waals surface area contributed by atoms with Crippen LogP contribution >= 0.6 is 0 Å². The van der Waals surface area contributed by atoms with Crippen LogP contribution in [0.1, 0.15) is 11.3 Å². The van der Waals surface area contributed by atoms with Crippen LogP contribution in [-0.4, -0.2) is 12.1 Å². The number of nitrogens with two attached hydrogens (primary N) is 1. The van der Waals surface area contributed by atoms with Gasteiger partial charge in [-0.05, 0) is 49.4 Å². The van der Waals surface area contributed by atoms with E-state index in [1.165, 1.54) is 0 Å². The summed E-state index contributed by atoms with van der Waals surface area (Å²) in [7, 11) is 1.62. The second kappa shape index (κ2) is 5.85. The lowest BCUT2D eigenvalue weighted by atomic mass is 10.0. The molecular weight excluding hydrogens is 290 g/mol. The lowest BCUT2D eigenvalue weighted by Crippen LogP contribution is -1.99. The molecule has 1 aromatic carbocycles. The van der Waals surface area contributed by atoms with Gasteiger partial charge in [0, 0.05) is 11.1 Å². The summed E-state index contributed by atoms with van der Waals surface area (Å²) in [5.74, 6) is 2.32. The summed E-state index contributed by atoms with van der Waals surface area (Å²) >= 11 is 0. The van der Waals surface area contributed by atoms with Crippen LogP contribution < -0.4 is 10.5 Å². The first-order chi connectivity index (χ1) is 11.1. The van der Waals surface area contributed by atoms with Crippen molar-refractivity contribution in [2.45, 2.75) is 6.92 Å². The van der Waals surface area contributed by atoms with Crippen molar-refractivity contribution in [1.29, 1.82) is 5.26 Å². The summed E-state index contributed by atoms with van der Waals surface area (Å²) in [5, 5.41) is 9.37. The Kier molecular flexibility index (Phi) is 3.73. The molecule has 0 aliphatic carbocycles. The van der Waals surface area contributed by atoms with Gasteiger partial charge in [0.2, 0.25) is 0 Å². The SMILES string of the molecule is COc1ccc(-c2cc(-c3ccc(C)o3)c(C#N)c(N)n2)cc1. The number of pyridine rings is 1. The van der Waals surface area contributed by atoms with E-state index in [2.05, 4.69) is 11.1 Å². The molecule has 2 aromatic heterocycles. The Hall–Kier alpha value is -3.26. The largest absolute Gasteiger partial charge is 0.497 e. The fourth-order valence-electron chi connectivity index (χ4n) is 2.37. The molecule has 0 saturated carbocycles. The molecule has 0 fully saturated rings. The molecule has 0 amide bonds. The van der Waals surface area contributed by atoms with Crippen molar-refractivity contribution >= 4 is 5.82 Å². The third-order valence-electron chi connectivity index (χ3n) is 3.55. The summed E-state index contributed by atoms with van der Waals surface area (Å²) in [6.07, 6.45) is 0. The van der Waals surface area contributed by atoms with Crippen molar-refractivity contribution in [3.63, 3.8) is 0 Å². The third kappa shape index (κ3) is 2.74. The van der Waals surface area contributed by atoms with Crippen LogP contribution in [0.5, 0.6) is 5.75 Å². The molecule has 23 heavy (non-hydrogen) atoms. The van der Waals surface area contributed by atoms with Crippen LogP contribution in [0.25, 0.3) is 22.6 Å². The Balaban J connectivity index is 2.16. The van der Waals surface area contributed by atoms with Crippen molar-refractivity contribution in [2.75, 3.05) is 12.8 Å². The van der Waals surface area contributed by atoms with E-state index in [0.717, 1.165) is 17.1 Å². The van der Waals surface area contributed by atoms with Crippen molar-refractivity contribution < 1.29 is 9.15 Å². The zero-order chi connectivity index (χ0) is 16.4. The van der Waals surface area contributed by atoms with Gasteiger partial charge in [0.1, 0.15) is 34.7 Å². The third-order valence-corrected chi connectivity index (χ3v) is 3.55. The summed E-state index contributed by atoms with van der Waals surface area (Å²) < 4.78 is 10.8. The van der Waals surface area contributed by atoms with Gasteiger partial charge < -0.3 is 14.9 Å². The number of nitrogens with zero attached hydrogens (tertiary/aromatic N) is 2. The van der Waals surface area contributed by atoms with E-state index in [0.29, 0.717) is 22.6 Å². The first-order valence-corrected chi connectivity index (χ1v) is 7.04. The molecule has 2 N–H and O–H groups in total. The zero-order valence-electron chi connectivity index (χ0n) is 12.8. The Morgan fingerprint density at radius 3 is 2.48 bits per heavy atom. The monoisotopic (exact) mass is 305 g/mol. The van der Waals surface area contributed by atoms with E-state index in [9.17, 15) is 5.26 Å². The van der Waals surface area contributed by atoms with E-state index in [1.54, 1.807) is 7.11 Å². The van der Waals surface area contributed by atoms with Gasteiger partial charge in [-0.1, -0.05) is 0 Å². The highest BCUT2D eigenvalue weighted by molar-refractivity contribution is 5.78. The Labute approximate surface area is 134 Å². The maximum atomic E-state index is 9.37. The van der Waals surface area contributed by atoms with Crippen LogP contribution in [0.15, 0.2) is 46.9 Å². The predicted molar refractivity (Wildman–Crippen MR) is 87.8 cm³/mol. The number of methoxy groups -OCH3 is 1. The van der Waals surface area contributed by atoms with Crippen LogP contribution in [0, 0.1) is 18.3 Å². The fourth-order valence-corrected chi connectivity index (χ4v) is 2.37. The molecule has 114 valence electrons. The predicted octanol–water partition coefficient (Wildman–Crippen LogP) is 3.78. The molecule has 5 heteroatoms. The van der Waals surface area contributed by atoms with Gasteiger partial charge in [-0.15, -0.1) is 0 Å². The normalized spacial score (nSPS) is 10.3. The first kappa shape index (κ1) is 14.7. The quantitative estimate of drug-likeness (QED) is 0.796. The lowest BCUT2D eigenvalue weighted by molar-refractivity contribution is 0.415. The van der Waals surface area contributed by atoms with E-state index in [4.69, 9.17) is 14.9 Å². The number of hydrogen-bond acceptors (Lipinski definition) is 5. The number of nitrogen functional groups attached to an aromatic ring is 1. The molecule has 0 atom stereocenters. The first-order valence-electron chi connectivity index (χ1n) is 7.04. The zero-order valence-corrected chi connectivity index (χ0v) is 12.8. The molecule has 3 rings (SSSR count). The van der Waals surface area contributed by atoms with Crippen LogP contribution in [0.2, 0.25) is 0 Å². The topological polar surface area (TPSA) is 85.1 Å². The second-order valence-electron chi connectivity index (χ2n) is 5.07. The van der Waals surface area contributed by atoms with E-state index < -0.39 is 0 Å². The Morgan fingerprint density at radius 2 is 1.91 bits per heavy atom. The van der Waals surface area contributed by atoms with Gasteiger partial charge in [-0.25, -0.2) is 4.98 Å². The van der Waals surface area contributed by atoms with Crippen molar-refractivity contribution in [3.8, 4) is 34.4 Å². The Morgan fingerprint density at radius 1 is 1.17 bits per heavy atom. The number of aryl methyl sites for hydroxylation is 1. The average Bonchev–Trinajstić information content (AvgIpc) is 3.00. The van der Waals surface area contributed by atoms with Crippen LogP contribution in [0.3, 0.4) is 0 Å².